The number of aromatic nitrogens is 4. The molecular weight excluding hydrogens is 422 g/mol. The number of H-pyrrole nitrogens is 1. The molecule has 1 aliphatic rings. The van der Waals surface area contributed by atoms with Gasteiger partial charge in [0, 0.05) is 37.8 Å². The van der Waals surface area contributed by atoms with Gasteiger partial charge in [0.1, 0.15) is 17.4 Å². The van der Waals surface area contributed by atoms with Gasteiger partial charge in [0.05, 0.1) is 11.8 Å². The van der Waals surface area contributed by atoms with Crippen LogP contribution in [0.3, 0.4) is 0 Å². The number of nitrogens with zero attached hydrogens (tertiary/aromatic N) is 4. The van der Waals surface area contributed by atoms with Crippen LogP contribution in [0, 0.1) is 18.8 Å². The van der Waals surface area contributed by atoms with Gasteiger partial charge >= 0.3 is 0 Å². The van der Waals surface area contributed by atoms with Crippen molar-refractivity contribution >= 4 is 22.5 Å². The van der Waals surface area contributed by atoms with Crippen LogP contribution < -0.4 is 4.90 Å². The number of nitrogens with one attached hydrogen (secondary N) is 1. The molecular formula is C28H43N5O. The minimum absolute atomic E-state index is 0.152. The molecule has 0 atom stereocenters. The van der Waals surface area contributed by atoms with Crippen molar-refractivity contribution in [2.24, 2.45) is 11.8 Å². The van der Waals surface area contributed by atoms with Crippen LogP contribution in [0.15, 0.2) is 36.8 Å². The van der Waals surface area contributed by atoms with Crippen molar-refractivity contribution in [3.8, 4) is 0 Å². The maximum atomic E-state index is 10.5. The third-order valence-electron chi connectivity index (χ3n) is 6.35. The van der Waals surface area contributed by atoms with E-state index in [2.05, 4.69) is 33.8 Å². The van der Waals surface area contributed by atoms with Crippen LogP contribution in [-0.4, -0.2) is 39.8 Å². The third kappa shape index (κ3) is 9.24. The summed E-state index contributed by atoms with van der Waals surface area (Å²) in [5.41, 5.74) is 1.88. The maximum Gasteiger partial charge on any atom is 0.139 e. The number of fused-ring (bicyclic) bond motifs is 1. The average Bonchev–Trinajstić information content (AvgIpc) is 3.32. The maximum absolute atomic E-state index is 10.5. The zero-order chi connectivity index (χ0) is 24.9. The summed E-state index contributed by atoms with van der Waals surface area (Å²) in [7, 11) is 3.99. The van der Waals surface area contributed by atoms with Gasteiger partial charge in [0.15, 0.2) is 0 Å². The molecule has 0 unspecified atom stereocenters. The van der Waals surface area contributed by atoms with Crippen molar-refractivity contribution in [1.82, 2.24) is 19.9 Å². The molecule has 0 saturated heterocycles. The van der Waals surface area contributed by atoms with Gasteiger partial charge in [-0.15, -0.1) is 0 Å². The predicted octanol–water partition coefficient (Wildman–Crippen LogP) is 6.55. The summed E-state index contributed by atoms with van der Waals surface area (Å²) < 4.78 is 0. The summed E-state index contributed by atoms with van der Waals surface area (Å²) >= 11 is 0. The van der Waals surface area contributed by atoms with E-state index in [1.54, 1.807) is 19.4 Å². The number of Topliss-reactive ketones (excluding diaryl/α,β-unsaturated/α-hetero) is 1. The van der Waals surface area contributed by atoms with Crippen LogP contribution in [0.25, 0.3) is 10.9 Å². The molecule has 2 aromatic heterocycles. The first kappa shape index (κ1) is 27.5. The van der Waals surface area contributed by atoms with Crippen LogP contribution in [-0.2, 0) is 11.2 Å². The fourth-order valence-electron chi connectivity index (χ4n) is 4.50. The van der Waals surface area contributed by atoms with E-state index in [0.717, 1.165) is 40.1 Å². The Balaban J connectivity index is 0.000000185. The second kappa shape index (κ2) is 14.5. The molecule has 1 saturated carbocycles. The number of anilines is 1. The number of imidazole rings is 1. The molecule has 3 aromatic rings. The summed E-state index contributed by atoms with van der Waals surface area (Å²) in [4.78, 5) is 27.9. The van der Waals surface area contributed by atoms with Crippen molar-refractivity contribution in [1.29, 1.82) is 0 Å². The molecule has 0 spiro atoms. The smallest absolute Gasteiger partial charge is 0.139 e. The number of hydrogen-bond acceptors (Lipinski definition) is 5. The lowest BCUT2D eigenvalue weighted by atomic mass is 9.79. The number of rotatable bonds is 6. The fraction of sp³-hybridized carbons (Fsp3) is 0.571. The molecule has 6 nitrogen and oxygen atoms in total. The SMILES string of the molecule is CC(=O)Cc1cnc[nH]1.CCCC1CCC(CC)CC1.Cc1nc(N(C)C)c2ccccc2n1. The Labute approximate surface area is 205 Å². The standard InChI is InChI=1S/C11H13N3.C11H22.C6H8N2O/c1-8-12-10-7-5-4-6-9(10)11(13-8)14(2)3;1-3-5-11-8-6-10(4-2)7-9-11;1-5(9)2-6-3-7-4-8-6/h4-7H,1-3H3;10-11H,3-9H2,1-2H3;3-4H,2H2,1H3,(H,7,8). The van der Waals surface area contributed by atoms with E-state index < -0.39 is 0 Å². The number of para-hydroxylation sites is 1. The Morgan fingerprint density at radius 3 is 2.29 bits per heavy atom. The lowest BCUT2D eigenvalue weighted by molar-refractivity contribution is -0.116. The Hall–Kier alpha value is -2.76. The second-order valence-corrected chi connectivity index (χ2v) is 9.55. The van der Waals surface area contributed by atoms with Crippen LogP contribution in [0.4, 0.5) is 5.82 Å². The fourth-order valence-corrected chi connectivity index (χ4v) is 4.50. The number of ketones is 1. The van der Waals surface area contributed by atoms with E-state index in [-0.39, 0.29) is 5.78 Å². The molecule has 6 heteroatoms. The van der Waals surface area contributed by atoms with Crippen molar-refractivity contribution < 1.29 is 4.79 Å². The largest absolute Gasteiger partial charge is 0.362 e. The van der Waals surface area contributed by atoms with Crippen molar-refractivity contribution in [2.75, 3.05) is 19.0 Å². The van der Waals surface area contributed by atoms with Gasteiger partial charge in [0.25, 0.3) is 0 Å². The van der Waals surface area contributed by atoms with Gasteiger partial charge in [-0.3, -0.25) is 4.79 Å². The molecule has 2 heterocycles. The number of hydrogen-bond donors (Lipinski definition) is 1. The highest BCUT2D eigenvalue weighted by atomic mass is 16.1. The monoisotopic (exact) mass is 465 g/mol. The zero-order valence-electron chi connectivity index (χ0n) is 22.0. The van der Waals surface area contributed by atoms with E-state index in [4.69, 9.17) is 0 Å². The van der Waals surface area contributed by atoms with Crippen LogP contribution >= 0.6 is 0 Å². The molecule has 34 heavy (non-hydrogen) atoms. The zero-order valence-corrected chi connectivity index (χ0v) is 22.0. The quantitative estimate of drug-likeness (QED) is 0.447. The Bertz CT molecular complexity index is 976. The Kier molecular flexibility index (Phi) is 11.7. The minimum atomic E-state index is 0.152. The van der Waals surface area contributed by atoms with Gasteiger partial charge in [-0.25, -0.2) is 15.0 Å². The van der Waals surface area contributed by atoms with Gasteiger partial charge in [-0.2, -0.15) is 0 Å². The van der Waals surface area contributed by atoms with E-state index >= 15 is 0 Å². The van der Waals surface area contributed by atoms with Gasteiger partial charge in [0.2, 0.25) is 0 Å². The number of aryl methyl sites for hydroxylation is 1. The van der Waals surface area contributed by atoms with E-state index in [1.165, 1.54) is 44.9 Å². The first-order valence-corrected chi connectivity index (χ1v) is 12.7. The summed E-state index contributed by atoms with van der Waals surface area (Å²) in [6.45, 7) is 8.12. The highest BCUT2D eigenvalue weighted by Crippen LogP contribution is 2.32. The van der Waals surface area contributed by atoms with Gasteiger partial charge in [-0.05, 0) is 37.8 Å². The molecule has 0 bridgehead atoms. The number of benzene rings is 1. The van der Waals surface area contributed by atoms with E-state index in [9.17, 15) is 4.79 Å². The number of carbonyl (C=O) groups excluding carboxylic acids is 1. The molecule has 1 N–H and O–H groups in total. The Morgan fingerprint density at radius 1 is 1.06 bits per heavy atom. The first-order chi connectivity index (χ1) is 16.3. The summed E-state index contributed by atoms with van der Waals surface area (Å²) in [5.74, 6) is 4.10. The summed E-state index contributed by atoms with van der Waals surface area (Å²) in [5, 5.41) is 1.10. The highest BCUT2D eigenvalue weighted by molar-refractivity contribution is 5.89. The molecule has 0 aliphatic heterocycles. The van der Waals surface area contributed by atoms with Crippen molar-refractivity contribution in [2.45, 2.75) is 79.1 Å². The van der Waals surface area contributed by atoms with Gasteiger partial charge < -0.3 is 9.88 Å². The summed E-state index contributed by atoms with van der Waals surface area (Å²) in [6, 6.07) is 8.06. The van der Waals surface area contributed by atoms with E-state index in [1.807, 2.05) is 50.2 Å². The Morgan fingerprint density at radius 2 is 1.74 bits per heavy atom. The topological polar surface area (TPSA) is 74.8 Å². The van der Waals surface area contributed by atoms with Crippen molar-refractivity contribution in [3.05, 3.63) is 48.3 Å². The molecule has 186 valence electrons. The lowest BCUT2D eigenvalue weighted by Gasteiger charge is -2.27. The third-order valence-corrected chi connectivity index (χ3v) is 6.35. The first-order valence-electron chi connectivity index (χ1n) is 12.7. The predicted molar refractivity (Wildman–Crippen MR) is 142 cm³/mol. The molecule has 1 fully saturated rings. The van der Waals surface area contributed by atoms with E-state index in [0.29, 0.717) is 6.42 Å². The molecule has 0 amide bonds. The molecule has 1 aliphatic carbocycles. The molecule has 1 aromatic carbocycles. The van der Waals surface area contributed by atoms with Crippen molar-refractivity contribution in [3.63, 3.8) is 0 Å². The van der Waals surface area contributed by atoms with Crippen LogP contribution in [0.2, 0.25) is 0 Å². The average molecular weight is 466 g/mol. The highest BCUT2D eigenvalue weighted by Gasteiger charge is 2.18. The van der Waals surface area contributed by atoms with Crippen LogP contribution in [0.5, 0.6) is 0 Å². The second-order valence-electron chi connectivity index (χ2n) is 9.55. The normalized spacial score (nSPS) is 17.2. The lowest BCUT2D eigenvalue weighted by Crippen LogP contribution is -2.13. The minimum Gasteiger partial charge on any atom is -0.362 e. The number of aromatic amines is 1. The van der Waals surface area contributed by atoms with Gasteiger partial charge in [-0.1, -0.05) is 70.9 Å². The molecule has 0 radical (unpaired) electrons. The number of carbonyl (C=O) groups is 1. The van der Waals surface area contributed by atoms with Crippen LogP contribution in [0.1, 0.15) is 77.2 Å². The summed E-state index contributed by atoms with van der Waals surface area (Å²) in [6.07, 6.45) is 14.0. The molecule has 4 rings (SSSR count).